The van der Waals surface area contributed by atoms with Crippen LogP contribution in [0.2, 0.25) is 0 Å². The molecule has 0 saturated heterocycles. The summed E-state index contributed by atoms with van der Waals surface area (Å²) in [6.45, 7) is 0. The van der Waals surface area contributed by atoms with Gasteiger partial charge in [0.05, 0.1) is 0 Å². The molecule has 0 spiro atoms. The van der Waals surface area contributed by atoms with Crippen LogP contribution in [-0.4, -0.2) is 8.76 Å². The van der Waals surface area contributed by atoms with Crippen molar-refractivity contribution in [2.75, 3.05) is 0 Å². The van der Waals surface area contributed by atoms with Gasteiger partial charge in [0.25, 0.3) is 0 Å². The van der Waals surface area contributed by atoms with E-state index in [0.717, 1.165) is 0 Å². The molecule has 0 bridgehead atoms. The van der Waals surface area contributed by atoms with Crippen molar-refractivity contribution < 1.29 is 13.0 Å². The first kappa shape index (κ1) is 9.37. The lowest BCUT2D eigenvalue weighted by atomic mass is 13.6. The first-order valence-electron chi connectivity index (χ1n) is 0.752. The Kier molecular flexibility index (Phi) is 7.79. The standard InChI is InChI=1S/H3NO3S.H3N/c1-4-5(2)3;/h1H2,(H,2,3);1H3. The Morgan fingerprint density at radius 2 is 2.00 bits per heavy atom. The van der Waals surface area contributed by atoms with E-state index in [2.05, 4.69) is 10.2 Å². The van der Waals surface area contributed by atoms with Crippen molar-refractivity contribution in [2.45, 2.75) is 0 Å². The highest BCUT2D eigenvalue weighted by Crippen LogP contribution is 1.58. The summed E-state index contributed by atoms with van der Waals surface area (Å²) >= 11 is -2.29. The Bertz CT molecular complexity index is 44.1. The molecule has 0 aliphatic heterocycles. The molecule has 0 amide bonds. The van der Waals surface area contributed by atoms with Crippen LogP contribution in [0.5, 0.6) is 0 Å². The van der Waals surface area contributed by atoms with E-state index < -0.39 is 11.4 Å². The van der Waals surface area contributed by atoms with Crippen molar-refractivity contribution in [2.24, 2.45) is 5.90 Å². The van der Waals surface area contributed by atoms with Crippen LogP contribution in [0.15, 0.2) is 0 Å². The highest BCUT2D eigenvalue weighted by molar-refractivity contribution is 7.74. The third-order valence-corrected chi connectivity index (χ3v) is 0.247. The Labute approximate surface area is 37.5 Å². The molecule has 1 atom stereocenters. The van der Waals surface area contributed by atoms with Crippen LogP contribution in [-0.2, 0) is 15.6 Å². The van der Waals surface area contributed by atoms with Crippen LogP contribution in [0.25, 0.3) is 0 Å². The molecule has 0 heterocycles. The van der Waals surface area contributed by atoms with Crippen LogP contribution in [0.3, 0.4) is 0 Å². The fourth-order valence-electron chi connectivity index (χ4n) is 0. The number of nitrogens with two attached hydrogens (primary N) is 1. The summed E-state index contributed by atoms with van der Waals surface area (Å²) < 4.78 is 19.9. The highest BCUT2D eigenvalue weighted by Gasteiger charge is 1.76. The normalized spacial score (nSPS) is 12.3. The quantitative estimate of drug-likeness (QED) is 0.305. The maximum Gasteiger partial charge on any atom is 0.319 e. The van der Waals surface area contributed by atoms with E-state index in [0.29, 0.717) is 0 Å². The molecule has 6 N–H and O–H groups in total. The molecule has 0 fully saturated rings. The van der Waals surface area contributed by atoms with Crippen LogP contribution in [0.4, 0.5) is 0 Å². The van der Waals surface area contributed by atoms with Gasteiger partial charge in [-0.3, -0.25) is 4.55 Å². The summed E-state index contributed by atoms with van der Waals surface area (Å²) in [5.41, 5.74) is 0. The average molecular weight is 114 g/mol. The van der Waals surface area contributed by atoms with E-state index in [-0.39, 0.29) is 6.15 Å². The lowest BCUT2D eigenvalue weighted by Gasteiger charge is -1.75. The van der Waals surface area contributed by atoms with Gasteiger partial charge in [0.1, 0.15) is 0 Å². The third kappa shape index (κ3) is 9.01. The fraction of sp³-hybridized carbons (Fsp3) is 0. The monoisotopic (exact) mass is 114 g/mol. The molecular weight excluding hydrogens is 108 g/mol. The van der Waals surface area contributed by atoms with E-state index in [9.17, 15) is 0 Å². The van der Waals surface area contributed by atoms with E-state index in [1.807, 2.05) is 0 Å². The molecule has 0 aliphatic carbocycles. The largest absolute Gasteiger partial charge is 0.344 e. The summed E-state index contributed by atoms with van der Waals surface area (Å²) in [7, 11) is 0. The highest BCUT2D eigenvalue weighted by atomic mass is 32.2. The molecule has 0 aromatic rings. The minimum Gasteiger partial charge on any atom is -0.344 e. The molecule has 5 nitrogen and oxygen atoms in total. The minimum absolute atomic E-state index is 0. The lowest BCUT2D eigenvalue weighted by molar-refractivity contribution is 0.320. The van der Waals surface area contributed by atoms with E-state index in [4.69, 9.17) is 8.76 Å². The molecular formula is H6N2O3S. The Morgan fingerprint density at radius 3 is 2.00 bits per heavy atom. The van der Waals surface area contributed by atoms with Gasteiger partial charge in [-0.1, -0.05) is 0 Å². The van der Waals surface area contributed by atoms with Gasteiger partial charge in [-0.2, -0.15) is 14.4 Å². The van der Waals surface area contributed by atoms with Crippen LogP contribution in [0, 0.1) is 0 Å². The third-order valence-electron chi connectivity index (χ3n) is 0.0823. The second-order valence-electron chi connectivity index (χ2n) is 0.313. The van der Waals surface area contributed by atoms with Crippen LogP contribution in [0.1, 0.15) is 0 Å². The van der Waals surface area contributed by atoms with Crippen molar-refractivity contribution in [1.82, 2.24) is 6.15 Å². The Balaban J connectivity index is 0. The summed E-state index contributed by atoms with van der Waals surface area (Å²) in [6.07, 6.45) is 0. The van der Waals surface area contributed by atoms with Gasteiger partial charge in [-0.15, -0.1) is 0 Å². The predicted octanol–water partition coefficient (Wildman–Crippen LogP) is -0.825. The molecule has 40 valence electrons. The number of hydrogen-bond acceptors (Lipinski definition) is 4. The molecule has 6 heavy (non-hydrogen) atoms. The summed E-state index contributed by atoms with van der Waals surface area (Å²) in [5, 5.41) is 0. The van der Waals surface area contributed by atoms with Gasteiger partial charge in [0, 0.05) is 0 Å². The molecule has 0 radical (unpaired) electrons. The average Bonchev–Trinajstić information content (AvgIpc) is 1.38. The Hall–Kier alpha value is -0.0100. The van der Waals surface area contributed by atoms with Crippen molar-refractivity contribution in [3.8, 4) is 0 Å². The molecule has 6 heteroatoms. The van der Waals surface area contributed by atoms with Crippen LogP contribution >= 0.6 is 0 Å². The zero-order valence-electron chi connectivity index (χ0n) is 2.96. The van der Waals surface area contributed by atoms with Crippen molar-refractivity contribution >= 4 is 11.4 Å². The van der Waals surface area contributed by atoms with E-state index in [1.54, 1.807) is 0 Å². The zero-order valence-corrected chi connectivity index (χ0v) is 3.77. The van der Waals surface area contributed by atoms with E-state index in [1.165, 1.54) is 0 Å². The number of hydrogen-bond donors (Lipinski definition) is 3. The summed E-state index contributed by atoms with van der Waals surface area (Å²) in [4.78, 5) is 0. The second-order valence-corrected chi connectivity index (χ2v) is 0.940. The Morgan fingerprint density at radius 1 is 1.83 bits per heavy atom. The fourth-order valence-corrected chi connectivity index (χ4v) is 0. The van der Waals surface area contributed by atoms with Gasteiger partial charge in [-0.25, -0.2) is 0 Å². The van der Waals surface area contributed by atoms with Gasteiger partial charge in [0.15, 0.2) is 0 Å². The van der Waals surface area contributed by atoms with E-state index >= 15 is 0 Å². The molecule has 1 unspecified atom stereocenters. The first-order valence-corrected chi connectivity index (χ1v) is 1.78. The van der Waals surface area contributed by atoms with Crippen molar-refractivity contribution in [3.63, 3.8) is 0 Å². The summed E-state index contributed by atoms with van der Waals surface area (Å²) in [6, 6.07) is 0. The molecule has 0 aliphatic rings. The molecule has 0 saturated carbocycles. The summed E-state index contributed by atoms with van der Waals surface area (Å²) in [5.74, 6) is 4.12. The molecule has 0 aromatic heterocycles. The smallest absolute Gasteiger partial charge is 0.319 e. The van der Waals surface area contributed by atoms with Crippen molar-refractivity contribution in [1.29, 1.82) is 0 Å². The van der Waals surface area contributed by atoms with Crippen molar-refractivity contribution in [3.05, 3.63) is 0 Å². The second kappa shape index (κ2) is 4.99. The minimum atomic E-state index is -2.29. The zero-order chi connectivity index (χ0) is 4.28. The number of rotatable bonds is 1. The van der Waals surface area contributed by atoms with Gasteiger partial charge in [0.2, 0.25) is 0 Å². The van der Waals surface area contributed by atoms with Gasteiger partial charge < -0.3 is 6.15 Å². The topological polar surface area (TPSA) is 108 Å². The maximum absolute atomic E-state index is 9.13. The van der Waals surface area contributed by atoms with Gasteiger partial charge >= 0.3 is 11.4 Å². The SMILES string of the molecule is N.NOS(=O)O. The maximum atomic E-state index is 9.13. The molecule has 0 rings (SSSR count). The lowest BCUT2D eigenvalue weighted by Crippen LogP contribution is -2.00. The van der Waals surface area contributed by atoms with Gasteiger partial charge in [-0.05, 0) is 0 Å². The first-order chi connectivity index (χ1) is 2.27. The predicted molar refractivity (Wildman–Crippen MR) is 21.1 cm³/mol. The van der Waals surface area contributed by atoms with Crippen LogP contribution < -0.4 is 12.0 Å². The molecule has 0 aromatic carbocycles.